The molecule has 3 N–H and O–H groups in total. The van der Waals surface area contributed by atoms with Gasteiger partial charge in [-0.05, 0) is 39.8 Å². The molecule has 1 rings (SSSR count). The Kier molecular flexibility index (Phi) is 5.30. The van der Waals surface area contributed by atoms with E-state index >= 15 is 0 Å². The molecule has 0 bridgehead atoms. The summed E-state index contributed by atoms with van der Waals surface area (Å²) in [7, 11) is -3.68. The Labute approximate surface area is 109 Å². The van der Waals surface area contributed by atoms with Crippen molar-refractivity contribution in [2.24, 2.45) is 5.14 Å². The first-order chi connectivity index (χ1) is 8.38. The van der Waals surface area contributed by atoms with E-state index in [4.69, 9.17) is 5.14 Å². The Morgan fingerprint density at radius 3 is 2.50 bits per heavy atom. The third-order valence-corrected chi connectivity index (χ3v) is 3.91. The van der Waals surface area contributed by atoms with Crippen LogP contribution in [0.1, 0.15) is 31.2 Å². The number of hydrogen-bond donors (Lipinski definition) is 2. The van der Waals surface area contributed by atoms with Crippen molar-refractivity contribution in [3.8, 4) is 0 Å². The van der Waals surface area contributed by atoms with Gasteiger partial charge in [0.05, 0.1) is 11.4 Å². The van der Waals surface area contributed by atoms with Crippen LogP contribution in [0.3, 0.4) is 0 Å². The van der Waals surface area contributed by atoms with Crippen molar-refractivity contribution in [2.75, 3.05) is 13.1 Å². The van der Waals surface area contributed by atoms with E-state index in [1.54, 1.807) is 18.5 Å². The zero-order valence-corrected chi connectivity index (χ0v) is 12.0. The number of nitrogens with two attached hydrogens (primary N) is 1. The molecule has 6 nitrogen and oxygen atoms in total. The average Bonchev–Trinajstić information content (AvgIpc) is 2.53. The third-order valence-electron chi connectivity index (χ3n) is 2.75. The summed E-state index contributed by atoms with van der Waals surface area (Å²) in [6, 6.07) is 0. The van der Waals surface area contributed by atoms with Gasteiger partial charge in [-0.1, -0.05) is 6.92 Å². The highest BCUT2D eigenvalue weighted by atomic mass is 32.2. The Balaban J connectivity index is 2.69. The maximum atomic E-state index is 11.4. The molecular weight excluding hydrogens is 252 g/mol. The maximum Gasteiger partial charge on any atom is 0.241 e. The number of nitrogens with one attached hydrogen (secondary N) is 1. The van der Waals surface area contributed by atoms with E-state index in [-0.39, 0.29) is 4.90 Å². The van der Waals surface area contributed by atoms with E-state index in [1.807, 2.05) is 0 Å². The Morgan fingerprint density at radius 1 is 1.33 bits per heavy atom. The fraction of sp³-hybridized carbons (Fsp3) is 0.727. The van der Waals surface area contributed by atoms with Crippen LogP contribution in [0.4, 0.5) is 0 Å². The van der Waals surface area contributed by atoms with E-state index in [1.165, 1.54) is 0 Å². The number of sulfonamides is 1. The van der Waals surface area contributed by atoms with Gasteiger partial charge in [0.15, 0.2) is 0 Å². The molecule has 0 unspecified atom stereocenters. The number of rotatable bonds is 7. The van der Waals surface area contributed by atoms with E-state index in [0.717, 1.165) is 25.9 Å². The summed E-state index contributed by atoms with van der Waals surface area (Å²) in [5.74, 6) is 0. The van der Waals surface area contributed by atoms with Crippen LogP contribution in [0.15, 0.2) is 4.90 Å². The lowest BCUT2D eigenvalue weighted by atomic mass is 10.3. The highest BCUT2D eigenvalue weighted by Gasteiger charge is 2.20. The summed E-state index contributed by atoms with van der Waals surface area (Å²) in [5.41, 5.74) is 1.09. The average molecular weight is 274 g/mol. The molecule has 0 amide bonds. The second-order valence-electron chi connectivity index (χ2n) is 4.37. The predicted octanol–water partition coefficient (Wildman–Crippen LogP) is 0.537. The Hall–Kier alpha value is -0.920. The van der Waals surface area contributed by atoms with Gasteiger partial charge in [0.25, 0.3) is 0 Å². The molecule has 0 fully saturated rings. The topological polar surface area (TPSA) is 90.0 Å². The summed E-state index contributed by atoms with van der Waals surface area (Å²) in [6.45, 7) is 8.11. The fourth-order valence-corrected chi connectivity index (χ4v) is 2.94. The number of aromatic nitrogens is 2. The molecule has 0 atom stereocenters. The molecule has 1 aromatic heterocycles. The van der Waals surface area contributed by atoms with Crippen molar-refractivity contribution in [1.29, 1.82) is 0 Å². The molecule has 0 aliphatic heterocycles. The smallest absolute Gasteiger partial charge is 0.241 e. The van der Waals surface area contributed by atoms with Crippen LogP contribution in [0.5, 0.6) is 0 Å². The first-order valence-electron chi connectivity index (χ1n) is 6.15. The highest BCUT2D eigenvalue weighted by molar-refractivity contribution is 7.89. The molecule has 0 saturated carbocycles. The molecule has 0 radical (unpaired) electrons. The summed E-state index contributed by atoms with van der Waals surface area (Å²) in [6.07, 6.45) is 2.02. The lowest BCUT2D eigenvalue weighted by Gasteiger charge is -2.05. The number of nitrogens with zero attached hydrogens (tertiary/aromatic N) is 2. The van der Waals surface area contributed by atoms with E-state index in [0.29, 0.717) is 17.9 Å². The number of aryl methyl sites for hydroxylation is 2. The van der Waals surface area contributed by atoms with Gasteiger partial charge in [-0.2, -0.15) is 5.10 Å². The lowest BCUT2D eigenvalue weighted by molar-refractivity contribution is 0.530. The van der Waals surface area contributed by atoms with E-state index in [2.05, 4.69) is 17.3 Å². The minimum absolute atomic E-state index is 0.156. The third kappa shape index (κ3) is 3.79. The van der Waals surface area contributed by atoms with Gasteiger partial charge >= 0.3 is 0 Å². The quantitative estimate of drug-likeness (QED) is 0.710. The minimum atomic E-state index is -3.68. The number of primary sulfonamides is 1. The second kappa shape index (κ2) is 6.31. The van der Waals surface area contributed by atoms with Crippen LogP contribution in [0.25, 0.3) is 0 Å². The van der Waals surface area contributed by atoms with Gasteiger partial charge in [0, 0.05) is 6.54 Å². The van der Waals surface area contributed by atoms with Crippen LogP contribution in [0.2, 0.25) is 0 Å². The maximum absolute atomic E-state index is 11.4. The van der Waals surface area contributed by atoms with Gasteiger partial charge in [0.1, 0.15) is 4.90 Å². The molecule has 0 saturated heterocycles. The standard InChI is InChI=1S/C11H22N4O2S/c1-4-6-13-7-5-8-15-10(3)11(9(2)14-15)18(12,16)17/h13H,4-8H2,1-3H3,(H2,12,16,17). The van der Waals surface area contributed by atoms with E-state index < -0.39 is 10.0 Å². The molecule has 0 aliphatic carbocycles. The monoisotopic (exact) mass is 274 g/mol. The molecule has 104 valence electrons. The summed E-state index contributed by atoms with van der Waals surface area (Å²) in [5, 5.41) is 12.7. The van der Waals surface area contributed by atoms with Gasteiger partial charge < -0.3 is 5.32 Å². The molecule has 0 spiro atoms. The van der Waals surface area contributed by atoms with Crippen molar-refractivity contribution < 1.29 is 8.42 Å². The van der Waals surface area contributed by atoms with Crippen LogP contribution in [-0.4, -0.2) is 31.3 Å². The molecule has 7 heteroatoms. The van der Waals surface area contributed by atoms with Crippen LogP contribution < -0.4 is 10.5 Å². The number of hydrogen-bond acceptors (Lipinski definition) is 4. The van der Waals surface area contributed by atoms with E-state index in [9.17, 15) is 8.42 Å². The molecule has 0 aliphatic rings. The molecule has 0 aromatic carbocycles. The molecule has 1 aromatic rings. The Bertz CT molecular complexity index is 493. The van der Waals surface area contributed by atoms with Gasteiger partial charge in [-0.25, -0.2) is 13.6 Å². The molecule has 18 heavy (non-hydrogen) atoms. The van der Waals surface area contributed by atoms with Gasteiger partial charge in [0.2, 0.25) is 10.0 Å². The van der Waals surface area contributed by atoms with Crippen molar-refractivity contribution >= 4 is 10.0 Å². The summed E-state index contributed by atoms with van der Waals surface area (Å²) in [4.78, 5) is 0.156. The molecule has 1 heterocycles. The SMILES string of the molecule is CCCNCCCn1nc(C)c(S(N)(=O)=O)c1C. The van der Waals surface area contributed by atoms with Crippen molar-refractivity contribution in [2.45, 2.75) is 45.1 Å². The van der Waals surface area contributed by atoms with Crippen molar-refractivity contribution in [1.82, 2.24) is 15.1 Å². The largest absolute Gasteiger partial charge is 0.317 e. The Morgan fingerprint density at radius 2 is 2.00 bits per heavy atom. The zero-order chi connectivity index (χ0) is 13.8. The summed E-state index contributed by atoms with van der Waals surface area (Å²) >= 11 is 0. The van der Waals surface area contributed by atoms with Crippen LogP contribution >= 0.6 is 0 Å². The first-order valence-corrected chi connectivity index (χ1v) is 7.70. The molecular formula is C11H22N4O2S. The summed E-state index contributed by atoms with van der Waals surface area (Å²) < 4.78 is 24.5. The normalized spacial score (nSPS) is 12.0. The lowest BCUT2D eigenvalue weighted by Crippen LogP contribution is -2.18. The zero-order valence-electron chi connectivity index (χ0n) is 11.2. The first kappa shape index (κ1) is 15.1. The van der Waals surface area contributed by atoms with Crippen molar-refractivity contribution in [3.05, 3.63) is 11.4 Å². The van der Waals surface area contributed by atoms with Gasteiger partial charge in [-0.15, -0.1) is 0 Å². The van der Waals surface area contributed by atoms with Crippen molar-refractivity contribution in [3.63, 3.8) is 0 Å². The second-order valence-corrected chi connectivity index (χ2v) is 5.87. The van der Waals surface area contributed by atoms with Gasteiger partial charge in [-0.3, -0.25) is 4.68 Å². The van der Waals surface area contributed by atoms with Crippen LogP contribution in [0, 0.1) is 13.8 Å². The van der Waals surface area contributed by atoms with Crippen LogP contribution in [-0.2, 0) is 16.6 Å². The predicted molar refractivity (Wildman–Crippen MR) is 70.9 cm³/mol. The highest BCUT2D eigenvalue weighted by Crippen LogP contribution is 2.17. The fourth-order valence-electron chi connectivity index (χ4n) is 1.97. The minimum Gasteiger partial charge on any atom is -0.317 e.